The van der Waals surface area contributed by atoms with E-state index in [1.165, 1.54) is 0 Å². The maximum absolute atomic E-state index is 12.1. The van der Waals surface area contributed by atoms with Gasteiger partial charge in [-0.05, 0) is 36.0 Å². The SMILES string of the molecule is CC(CCO)CNS(=O)(=O)c1cccc(C(C)C)c1. The Bertz CT molecular complexity index is 497. The van der Waals surface area contributed by atoms with Gasteiger partial charge in [-0.15, -0.1) is 0 Å². The maximum Gasteiger partial charge on any atom is 0.240 e. The summed E-state index contributed by atoms with van der Waals surface area (Å²) < 4.78 is 26.9. The van der Waals surface area contributed by atoms with Crippen LogP contribution >= 0.6 is 0 Å². The third-order valence-electron chi connectivity index (χ3n) is 3.08. The Morgan fingerprint density at radius 3 is 2.53 bits per heavy atom. The quantitative estimate of drug-likeness (QED) is 0.806. The van der Waals surface area contributed by atoms with Crippen LogP contribution in [0.25, 0.3) is 0 Å². The predicted molar refractivity (Wildman–Crippen MR) is 76.6 cm³/mol. The van der Waals surface area contributed by atoms with Gasteiger partial charge in [-0.2, -0.15) is 0 Å². The van der Waals surface area contributed by atoms with Crippen LogP contribution in [0.5, 0.6) is 0 Å². The highest BCUT2D eigenvalue weighted by Crippen LogP contribution is 2.18. The lowest BCUT2D eigenvalue weighted by Gasteiger charge is -2.13. The Morgan fingerprint density at radius 2 is 1.95 bits per heavy atom. The summed E-state index contributed by atoms with van der Waals surface area (Å²) in [6, 6.07) is 7.01. The Morgan fingerprint density at radius 1 is 1.26 bits per heavy atom. The molecule has 19 heavy (non-hydrogen) atoms. The van der Waals surface area contributed by atoms with Crippen LogP contribution < -0.4 is 4.72 Å². The molecule has 2 N–H and O–H groups in total. The molecule has 5 heteroatoms. The molecule has 0 amide bonds. The average Bonchev–Trinajstić information content (AvgIpc) is 2.37. The van der Waals surface area contributed by atoms with Crippen molar-refractivity contribution in [1.82, 2.24) is 4.72 Å². The van der Waals surface area contributed by atoms with Gasteiger partial charge < -0.3 is 5.11 Å². The second-order valence-corrected chi connectivity index (χ2v) is 6.96. The third-order valence-corrected chi connectivity index (χ3v) is 4.50. The molecule has 108 valence electrons. The zero-order chi connectivity index (χ0) is 14.5. The van der Waals surface area contributed by atoms with E-state index in [2.05, 4.69) is 4.72 Å². The van der Waals surface area contributed by atoms with E-state index < -0.39 is 10.0 Å². The number of nitrogens with one attached hydrogen (secondary N) is 1. The highest BCUT2D eigenvalue weighted by atomic mass is 32.2. The fourth-order valence-electron chi connectivity index (χ4n) is 1.70. The van der Waals surface area contributed by atoms with Crippen LogP contribution in [-0.2, 0) is 10.0 Å². The minimum atomic E-state index is -3.46. The van der Waals surface area contributed by atoms with Crippen molar-refractivity contribution in [3.05, 3.63) is 29.8 Å². The van der Waals surface area contributed by atoms with Crippen LogP contribution in [0.4, 0.5) is 0 Å². The molecular weight excluding hydrogens is 262 g/mol. The summed E-state index contributed by atoms with van der Waals surface area (Å²) in [7, 11) is -3.46. The summed E-state index contributed by atoms with van der Waals surface area (Å²) >= 11 is 0. The number of aliphatic hydroxyl groups excluding tert-OH is 1. The average molecular weight is 285 g/mol. The van der Waals surface area contributed by atoms with Crippen molar-refractivity contribution in [2.24, 2.45) is 5.92 Å². The fraction of sp³-hybridized carbons (Fsp3) is 0.571. The van der Waals surface area contributed by atoms with Gasteiger partial charge in [0.1, 0.15) is 0 Å². The predicted octanol–water partition coefficient (Wildman–Crippen LogP) is 2.11. The van der Waals surface area contributed by atoms with Gasteiger partial charge in [0.25, 0.3) is 0 Å². The Labute approximate surface area is 115 Å². The van der Waals surface area contributed by atoms with Gasteiger partial charge in [0.2, 0.25) is 10.0 Å². The molecule has 0 fully saturated rings. The number of benzene rings is 1. The number of hydrogen-bond acceptors (Lipinski definition) is 3. The van der Waals surface area contributed by atoms with Crippen molar-refractivity contribution in [2.75, 3.05) is 13.2 Å². The lowest BCUT2D eigenvalue weighted by molar-refractivity contribution is 0.263. The van der Waals surface area contributed by atoms with Crippen molar-refractivity contribution in [2.45, 2.75) is 38.0 Å². The molecular formula is C14H23NO3S. The van der Waals surface area contributed by atoms with Crippen molar-refractivity contribution in [1.29, 1.82) is 0 Å². The van der Waals surface area contributed by atoms with Crippen LogP contribution in [0, 0.1) is 5.92 Å². The van der Waals surface area contributed by atoms with E-state index in [-0.39, 0.29) is 12.5 Å². The monoisotopic (exact) mass is 285 g/mol. The van der Waals surface area contributed by atoms with E-state index in [4.69, 9.17) is 5.11 Å². The number of rotatable bonds is 7. The van der Waals surface area contributed by atoms with Gasteiger partial charge in [-0.3, -0.25) is 0 Å². The Balaban J connectivity index is 2.80. The van der Waals surface area contributed by atoms with Crippen molar-refractivity contribution in [3.8, 4) is 0 Å². The van der Waals surface area contributed by atoms with E-state index in [0.29, 0.717) is 23.8 Å². The van der Waals surface area contributed by atoms with E-state index in [1.54, 1.807) is 18.2 Å². The van der Waals surface area contributed by atoms with E-state index in [1.807, 2.05) is 26.8 Å². The minimum Gasteiger partial charge on any atom is -0.396 e. The van der Waals surface area contributed by atoms with Gasteiger partial charge in [-0.1, -0.05) is 32.9 Å². The highest BCUT2D eigenvalue weighted by Gasteiger charge is 2.15. The molecule has 0 aliphatic heterocycles. The summed E-state index contributed by atoms with van der Waals surface area (Å²) in [5, 5.41) is 8.80. The van der Waals surface area contributed by atoms with Crippen molar-refractivity contribution >= 4 is 10.0 Å². The molecule has 0 saturated heterocycles. The van der Waals surface area contributed by atoms with Crippen LogP contribution in [-0.4, -0.2) is 26.7 Å². The summed E-state index contributed by atoms with van der Waals surface area (Å²) in [5.74, 6) is 0.413. The van der Waals surface area contributed by atoms with Crippen molar-refractivity contribution in [3.63, 3.8) is 0 Å². The Hall–Kier alpha value is -0.910. The van der Waals surface area contributed by atoms with Crippen molar-refractivity contribution < 1.29 is 13.5 Å². The molecule has 0 aliphatic carbocycles. The van der Waals surface area contributed by atoms with Crippen LogP contribution in [0.1, 0.15) is 38.7 Å². The zero-order valence-corrected chi connectivity index (χ0v) is 12.6. The molecule has 0 aliphatic rings. The molecule has 0 heterocycles. The van der Waals surface area contributed by atoms with Gasteiger partial charge in [0.05, 0.1) is 4.90 Å². The highest BCUT2D eigenvalue weighted by molar-refractivity contribution is 7.89. The second kappa shape index (κ2) is 7.03. The third kappa shape index (κ3) is 4.93. The summed E-state index contributed by atoms with van der Waals surface area (Å²) in [4.78, 5) is 0.301. The first-order valence-electron chi connectivity index (χ1n) is 6.57. The summed E-state index contributed by atoms with van der Waals surface area (Å²) in [5.41, 5.74) is 1.01. The van der Waals surface area contributed by atoms with Gasteiger partial charge >= 0.3 is 0 Å². The topological polar surface area (TPSA) is 66.4 Å². The van der Waals surface area contributed by atoms with Gasteiger partial charge in [0.15, 0.2) is 0 Å². The molecule has 1 aromatic rings. The van der Waals surface area contributed by atoms with Crippen LogP contribution in [0.3, 0.4) is 0 Å². The molecule has 0 bridgehead atoms. The first kappa shape index (κ1) is 16.1. The molecule has 0 radical (unpaired) electrons. The molecule has 4 nitrogen and oxygen atoms in total. The number of hydrogen-bond donors (Lipinski definition) is 2. The smallest absolute Gasteiger partial charge is 0.240 e. The molecule has 1 unspecified atom stereocenters. The maximum atomic E-state index is 12.1. The number of aliphatic hydroxyl groups is 1. The lowest BCUT2D eigenvalue weighted by Crippen LogP contribution is -2.28. The van der Waals surface area contributed by atoms with Crippen LogP contribution in [0.15, 0.2) is 29.2 Å². The zero-order valence-electron chi connectivity index (χ0n) is 11.8. The molecule has 1 rings (SSSR count). The molecule has 0 spiro atoms. The fourth-order valence-corrected chi connectivity index (χ4v) is 2.92. The van der Waals surface area contributed by atoms with E-state index >= 15 is 0 Å². The number of sulfonamides is 1. The largest absolute Gasteiger partial charge is 0.396 e. The molecule has 0 saturated carbocycles. The van der Waals surface area contributed by atoms with E-state index in [9.17, 15) is 8.42 Å². The summed E-state index contributed by atoms with van der Waals surface area (Å²) in [6.07, 6.45) is 0.592. The van der Waals surface area contributed by atoms with Crippen LogP contribution in [0.2, 0.25) is 0 Å². The minimum absolute atomic E-state index is 0.0751. The first-order valence-corrected chi connectivity index (χ1v) is 8.05. The molecule has 1 aromatic carbocycles. The second-order valence-electron chi connectivity index (χ2n) is 5.20. The normalized spacial score (nSPS) is 13.7. The first-order chi connectivity index (χ1) is 8.86. The van der Waals surface area contributed by atoms with E-state index in [0.717, 1.165) is 5.56 Å². The molecule has 0 aromatic heterocycles. The summed E-state index contributed by atoms with van der Waals surface area (Å²) in [6.45, 7) is 6.38. The van der Waals surface area contributed by atoms with Gasteiger partial charge in [-0.25, -0.2) is 13.1 Å². The molecule has 1 atom stereocenters. The lowest BCUT2D eigenvalue weighted by atomic mass is 10.0. The Kier molecular flexibility index (Phi) is 5.97. The standard InChI is InChI=1S/C14H23NO3S/c1-11(2)13-5-4-6-14(9-13)19(17,18)15-10-12(3)7-8-16/h4-6,9,11-12,15-16H,7-8,10H2,1-3H3. The van der Waals surface area contributed by atoms with Gasteiger partial charge in [0, 0.05) is 13.2 Å².